The van der Waals surface area contributed by atoms with Gasteiger partial charge in [0.1, 0.15) is 23.0 Å². The summed E-state index contributed by atoms with van der Waals surface area (Å²) in [4.78, 5) is 33.1. The number of thioether (sulfide) groups is 1. The molecule has 0 bridgehead atoms. The second-order valence-electron chi connectivity index (χ2n) is 7.87. The van der Waals surface area contributed by atoms with Gasteiger partial charge >= 0.3 is 0 Å². The number of amides is 2. The average molecular weight is 497 g/mol. The number of nitriles is 1. The van der Waals surface area contributed by atoms with E-state index >= 15 is 0 Å². The van der Waals surface area contributed by atoms with Crippen molar-refractivity contribution in [3.05, 3.63) is 101 Å². The highest BCUT2D eigenvalue weighted by atomic mass is 32.2. The predicted octanol–water partition coefficient (Wildman–Crippen LogP) is 4.49. The van der Waals surface area contributed by atoms with Crippen molar-refractivity contribution in [3.63, 3.8) is 0 Å². The number of aromatic nitrogens is 3. The topological polar surface area (TPSA) is 129 Å². The fourth-order valence-electron chi connectivity index (χ4n) is 3.71. The fraction of sp³-hybridized carbons (Fsp3) is 0.0769. The number of hydrogen-bond donors (Lipinski definition) is 3. The molecule has 0 aliphatic heterocycles. The number of benzene rings is 2. The monoisotopic (exact) mass is 496 g/mol. The highest BCUT2D eigenvalue weighted by Gasteiger charge is 2.25. The van der Waals surface area contributed by atoms with Gasteiger partial charge in [0.25, 0.3) is 11.8 Å². The summed E-state index contributed by atoms with van der Waals surface area (Å²) in [6.07, 6.45) is 3.42. The molecule has 178 valence electrons. The summed E-state index contributed by atoms with van der Waals surface area (Å²) >= 11 is 1.57. The summed E-state index contributed by atoms with van der Waals surface area (Å²) < 4.78 is 7.24. The van der Waals surface area contributed by atoms with Crippen LogP contribution < -0.4 is 10.9 Å². The number of aromatic amines is 1. The first-order valence-corrected chi connectivity index (χ1v) is 12.0. The standard InChI is InChI=1S/C26H20N6O3S/c1-16-22(19(14-27)25(35-16)32-12-4-5-13-32)24(34)31-30-23(33)18-10-8-17(9-11-18)15-36-26-28-20-6-2-3-7-21(20)29-26/h2-13H,15H2,1H3,(H,28,29)(H,30,33)(H,31,34). The third kappa shape index (κ3) is 4.60. The third-order valence-corrected chi connectivity index (χ3v) is 6.44. The number of hydrazine groups is 1. The molecule has 3 heterocycles. The van der Waals surface area contributed by atoms with Crippen LogP contribution in [0.25, 0.3) is 16.9 Å². The first kappa shape index (κ1) is 23.0. The molecule has 0 atom stereocenters. The zero-order valence-corrected chi connectivity index (χ0v) is 19.9. The number of carbonyl (C=O) groups excluding carboxylic acids is 2. The molecule has 0 unspecified atom stereocenters. The number of furan rings is 1. The lowest BCUT2D eigenvalue weighted by Gasteiger charge is -2.08. The minimum Gasteiger partial charge on any atom is -0.443 e. The summed E-state index contributed by atoms with van der Waals surface area (Å²) in [6, 6.07) is 20.5. The third-order valence-electron chi connectivity index (χ3n) is 5.49. The molecule has 0 radical (unpaired) electrons. The van der Waals surface area contributed by atoms with E-state index in [1.165, 1.54) is 0 Å². The lowest BCUT2D eigenvalue weighted by molar-refractivity contribution is 0.0845. The number of nitrogens with zero attached hydrogens (tertiary/aromatic N) is 3. The van der Waals surface area contributed by atoms with E-state index in [1.54, 1.807) is 59.9 Å². The van der Waals surface area contributed by atoms with Gasteiger partial charge in [-0.05, 0) is 48.9 Å². The molecule has 0 fully saturated rings. The minimum absolute atomic E-state index is 0.0689. The van der Waals surface area contributed by atoms with Crippen molar-refractivity contribution in [3.8, 4) is 12.0 Å². The molecular weight excluding hydrogens is 476 g/mol. The van der Waals surface area contributed by atoms with Gasteiger partial charge in [0, 0.05) is 23.7 Å². The largest absolute Gasteiger partial charge is 0.443 e. The molecule has 3 N–H and O–H groups in total. The first-order valence-electron chi connectivity index (χ1n) is 11.0. The van der Waals surface area contributed by atoms with Gasteiger partial charge in [-0.25, -0.2) is 4.98 Å². The number of imidazole rings is 1. The van der Waals surface area contributed by atoms with Crippen LogP contribution in [-0.4, -0.2) is 26.3 Å². The van der Waals surface area contributed by atoms with Crippen molar-refractivity contribution in [2.24, 2.45) is 0 Å². The van der Waals surface area contributed by atoms with Crippen LogP contribution in [0.4, 0.5) is 0 Å². The van der Waals surface area contributed by atoms with Crippen LogP contribution in [0, 0.1) is 18.3 Å². The van der Waals surface area contributed by atoms with Crippen LogP contribution in [0.3, 0.4) is 0 Å². The van der Waals surface area contributed by atoms with E-state index in [9.17, 15) is 14.9 Å². The number of para-hydroxylation sites is 2. The Morgan fingerprint density at radius 1 is 1.06 bits per heavy atom. The van der Waals surface area contributed by atoms with E-state index in [-0.39, 0.29) is 22.8 Å². The molecule has 5 aromatic rings. The Labute approximate surface area is 210 Å². The van der Waals surface area contributed by atoms with Gasteiger partial charge < -0.3 is 9.40 Å². The Balaban J connectivity index is 1.20. The normalized spacial score (nSPS) is 10.8. The number of nitrogens with one attached hydrogen (secondary N) is 3. The van der Waals surface area contributed by atoms with Crippen molar-refractivity contribution in [1.82, 2.24) is 25.4 Å². The molecule has 0 aliphatic carbocycles. The zero-order chi connectivity index (χ0) is 25.1. The van der Waals surface area contributed by atoms with Crippen LogP contribution in [0.15, 0.2) is 82.6 Å². The number of hydrogen-bond acceptors (Lipinski definition) is 6. The molecule has 0 spiro atoms. The van der Waals surface area contributed by atoms with Crippen LogP contribution in [0.5, 0.6) is 0 Å². The summed E-state index contributed by atoms with van der Waals surface area (Å²) in [7, 11) is 0. The smallest absolute Gasteiger partial charge is 0.274 e. The van der Waals surface area contributed by atoms with E-state index in [4.69, 9.17) is 4.42 Å². The maximum Gasteiger partial charge on any atom is 0.274 e. The van der Waals surface area contributed by atoms with E-state index < -0.39 is 11.8 Å². The summed E-state index contributed by atoms with van der Waals surface area (Å²) in [6.45, 7) is 1.59. The van der Waals surface area contributed by atoms with E-state index in [0.29, 0.717) is 11.3 Å². The number of H-pyrrole nitrogens is 1. The molecule has 10 heteroatoms. The fourth-order valence-corrected chi connectivity index (χ4v) is 4.55. The highest BCUT2D eigenvalue weighted by molar-refractivity contribution is 7.98. The van der Waals surface area contributed by atoms with E-state index in [1.807, 2.05) is 42.5 Å². The zero-order valence-electron chi connectivity index (χ0n) is 19.1. The lowest BCUT2D eigenvalue weighted by Crippen LogP contribution is -2.42. The van der Waals surface area contributed by atoms with Gasteiger partial charge in [0.15, 0.2) is 5.16 Å². The van der Waals surface area contributed by atoms with Crippen molar-refractivity contribution in [2.45, 2.75) is 17.8 Å². The Kier molecular flexibility index (Phi) is 6.30. The Morgan fingerprint density at radius 3 is 2.50 bits per heavy atom. The highest BCUT2D eigenvalue weighted by Crippen LogP contribution is 2.25. The van der Waals surface area contributed by atoms with E-state index in [0.717, 1.165) is 21.8 Å². The number of rotatable bonds is 6. The van der Waals surface area contributed by atoms with Gasteiger partial charge in [-0.15, -0.1) is 0 Å². The Morgan fingerprint density at radius 2 is 1.78 bits per heavy atom. The minimum atomic E-state index is -0.640. The second kappa shape index (κ2) is 9.85. The Hall–Kier alpha value is -4.75. The predicted molar refractivity (Wildman–Crippen MR) is 135 cm³/mol. The molecule has 2 aromatic carbocycles. The maximum atomic E-state index is 12.7. The van der Waals surface area contributed by atoms with Gasteiger partial charge in [-0.3, -0.25) is 25.0 Å². The molecule has 9 nitrogen and oxygen atoms in total. The molecule has 3 aromatic heterocycles. The van der Waals surface area contributed by atoms with Gasteiger partial charge in [0.2, 0.25) is 5.88 Å². The van der Waals surface area contributed by atoms with E-state index in [2.05, 4.69) is 20.8 Å². The Bertz CT molecular complexity index is 1560. The first-order chi connectivity index (χ1) is 17.5. The van der Waals surface area contributed by atoms with Crippen molar-refractivity contribution in [2.75, 3.05) is 0 Å². The van der Waals surface area contributed by atoms with Gasteiger partial charge in [0.05, 0.1) is 11.0 Å². The molecule has 36 heavy (non-hydrogen) atoms. The van der Waals surface area contributed by atoms with Gasteiger partial charge in [-0.1, -0.05) is 36.0 Å². The maximum absolute atomic E-state index is 12.7. The molecule has 2 amide bonds. The molecule has 0 saturated carbocycles. The summed E-state index contributed by atoms with van der Waals surface area (Å²) in [5.74, 6) is 0.0724. The van der Waals surface area contributed by atoms with Crippen LogP contribution in [0.1, 0.15) is 37.6 Å². The number of fused-ring (bicyclic) bond motifs is 1. The average Bonchev–Trinajstić information content (AvgIpc) is 3.64. The molecular formula is C26H20N6O3S. The molecule has 0 saturated heterocycles. The quantitative estimate of drug-likeness (QED) is 0.235. The van der Waals surface area contributed by atoms with Crippen molar-refractivity contribution in [1.29, 1.82) is 5.26 Å². The summed E-state index contributed by atoms with van der Waals surface area (Å²) in [5.41, 5.74) is 8.23. The second-order valence-corrected chi connectivity index (χ2v) is 8.83. The lowest BCUT2D eigenvalue weighted by atomic mass is 10.1. The van der Waals surface area contributed by atoms with Crippen molar-refractivity contribution >= 4 is 34.6 Å². The van der Waals surface area contributed by atoms with Crippen LogP contribution in [-0.2, 0) is 5.75 Å². The number of aryl methyl sites for hydroxylation is 1. The number of carbonyl (C=O) groups is 2. The van der Waals surface area contributed by atoms with Crippen LogP contribution >= 0.6 is 11.8 Å². The SMILES string of the molecule is Cc1oc(-n2cccc2)c(C#N)c1C(=O)NNC(=O)c1ccc(CSc2nc3ccccc3[nH]2)cc1. The van der Waals surface area contributed by atoms with Crippen LogP contribution in [0.2, 0.25) is 0 Å². The summed E-state index contributed by atoms with van der Waals surface area (Å²) in [5, 5.41) is 10.4. The van der Waals surface area contributed by atoms with Gasteiger partial charge in [-0.2, -0.15) is 5.26 Å². The molecule has 5 rings (SSSR count). The molecule has 0 aliphatic rings. The van der Waals surface area contributed by atoms with Crippen molar-refractivity contribution < 1.29 is 14.0 Å².